The molecule has 2 aromatic rings. The molecule has 0 saturated carbocycles. The molecule has 1 N–H and O–H groups in total. The smallest absolute Gasteiger partial charge is 0.304 e. The lowest BCUT2D eigenvalue weighted by molar-refractivity contribution is -0.136. The van der Waals surface area contributed by atoms with Gasteiger partial charge in [-0.3, -0.25) is 14.5 Å². The third kappa shape index (κ3) is 4.61. The number of aliphatic imine (C=N–C) groups is 1. The molecule has 0 saturated heterocycles. The Kier molecular flexibility index (Phi) is 6.16. The predicted molar refractivity (Wildman–Crippen MR) is 115 cm³/mol. The first-order valence-electron chi connectivity index (χ1n) is 8.77. The summed E-state index contributed by atoms with van der Waals surface area (Å²) in [5.41, 5.74) is 2.99. The van der Waals surface area contributed by atoms with E-state index in [4.69, 9.17) is 5.11 Å². The summed E-state index contributed by atoms with van der Waals surface area (Å²) in [5, 5.41) is 9.38. The van der Waals surface area contributed by atoms with Crippen LogP contribution < -0.4 is 9.80 Å². The summed E-state index contributed by atoms with van der Waals surface area (Å²) >= 11 is 1.27. The molecule has 0 bridgehead atoms. The lowest BCUT2D eigenvalue weighted by Gasteiger charge is -2.17. The van der Waals surface area contributed by atoms with Gasteiger partial charge in [-0.25, -0.2) is 4.99 Å². The second-order valence-corrected chi connectivity index (χ2v) is 7.44. The standard InChI is InChI=1S/C21H21N3O3S/c1-23(2)16-10-8-15(9-11-16)14-18-20(27)24(17-6-4-3-5-7-17)21(22-18)28-13-12-19(25)26/h3-11,14H,12-13H2,1-2H3,(H,25,26)/b18-14+. The zero-order valence-corrected chi connectivity index (χ0v) is 16.5. The molecule has 3 rings (SSSR count). The molecule has 144 valence electrons. The minimum Gasteiger partial charge on any atom is -0.481 e. The largest absolute Gasteiger partial charge is 0.481 e. The first-order valence-corrected chi connectivity index (χ1v) is 9.76. The van der Waals surface area contributed by atoms with Crippen LogP contribution in [0.4, 0.5) is 11.4 Å². The third-order valence-corrected chi connectivity index (χ3v) is 5.04. The number of hydrogen-bond acceptors (Lipinski definition) is 5. The molecule has 0 atom stereocenters. The van der Waals surface area contributed by atoms with Gasteiger partial charge in [-0.05, 0) is 35.9 Å². The highest BCUT2D eigenvalue weighted by Gasteiger charge is 2.31. The van der Waals surface area contributed by atoms with Crippen molar-refractivity contribution in [1.29, 1.82) is 0 Å². The summed E-state index contributed by atoms with van der Waals surface area (Å²) in [7, 11) is 3.94. The first-order chi connectivity index (χ1) is 13.5. The molecule has 1 aliphatic rings. The molecule has 2 aromatic carbocycles. The highest BCUT2D eigenvalue weighted by molar-refractivity contribution is 8.14. The van der Waals surface area contributed by atoms with E-state index in [9.17, 15) is 9.59 Å². The number of anilines is 2. The van der Waals surface area contributed by atoms with Crippen LogP contribution in [0.15, 0.2) is 65.3 Å². The van der Waals surface area contributed by atoms with Crippen molar-refractivity contribution in [2.75, 3.05) is 29.6 Å². The minimum absolute atomic E-state index is 0.00551. The Morgan fingerprint density at radius 2 is 1.82 bits per heavy atom. The van der Waals surface area contributed by atoms with E-state index in [0.29, 0.717) is 22.3 Å². The van der Waals surface area contributed by atoms with E-state index in [1.54, 1.807) is 6.08 Å². The number of benzene rings is 2. The summed E-state index contributed by atoms with van der Waals surface area (Å²) in [5.74, 6) is -0.753. The van der Waals surface area contributed by atoms with Gasteiger partial charge in [0.15, 0.2) is 5.17 Å². The first kappa shape index (κ1) is 19.7. The molecule has 1 amide bonds. The summed E-state index contributed by atoms with van der Waals surface area (Å²) < 4.78 is 0. The Morgan fingerprint density at radius 3 is 2.43 bits per heavy atom. The summed E-state index contributed by atoms with van der Waals surface area (Å²) in [6.07, 6.45) is 1.76. The van der Waals surface area contributed by atoms with Crippen LogP contribution in [-0.2, 0) is 9.59 Å². The number of amidine groups is 1. The highest BCUT2D eigenvalue weighted by atomic mass is 32.2. The molecule has 28 heavy (non-hydrogen) atoms. The molecule has 0 aliphatic carbocycles. The fraction of sp³-hybridized carbons (Fsp3) is 0.190. The number of amides is 1. The van der Waals surface area contributed by atoms with Crippen molar-refractivity contribution >= 4 is 46.3 Å². The van der Waals surface area contributed by atoms with Crippen molar-refractivity contribution in [3.8, 4) is 0 Å². The van der Waals surface area contributed by atoms with Crippen LogP contribution in [-0.4, -0.2) is 42.0 Å². The van der Waals surface area contributed by atoms with E-state index >= 15 is 0 Å². The number of para-hydroxylation sites is 1. The fourth-order valence-electron chi connectivity index (χ4n) is 2.65. The number of carboxylic acid groups (broad SMARTS) is 1. The maximum atomic E-state index is 13.0. The van der Waals surface area contributed by atoms with Crippen LogP contribution in [0.25, 0.3) is 6.08 Å². The average molecular weight is 395 g/mol. The van der Waals surface area contributed by atoms with Crippen molar-refractivity contribution < 1.29 is 14.7 Å². The van der Waals surface area contributed by atoms with E-state index in [-0.39, 0.29) is 12.3 Å². The average Bonchev–Trinajstić information content (AvgIpc) is 2.98. The Hall–Kier alpha value is -3.06. The minimum atomic E-state index is -0.875. The molecule has 0 fully saturated rings. The number of aliphatic carboxylic acids is 1. The van der Waals surface area contributed by atoms with E-state index in [0.717, 1.165) is 11.3 Å². The van der Waals surface area contributed by atoms with Gasteiger partial charge < -0.3 is 10.0 Å². The quantitative estimate of drug-likeness (QED) is 0.755. The number of hydrogen-bond donors (Lipinski definition) is 1. The van der Waals surface area contributed by atoms with Crippen molar-refractivity contribution in [2.45, 2.75) is 6.42 Å². The molecule has 0 spiro atoms. The zero-order chi connectivity index (χ0) is 20.1. The molecule has 0 unspecified atom stereocenters. The maximum absolute atomic E-state index is 13.0. The second kappa shape index (κ2) is 8.75. The van der Waals surface area contributed by atoms with Crippen LogP contribution in [0.2, 0.25) is 0 Å². The molecular weight excluding hydrogens is 374 g/mol. The maximum Gasteiger partial charge on any atom is 0.304 e. The Balaban J connectivity index is 1.89. The lowest BCUT2D eigenvalue weighted by atomic mass is 10.1. The Bertz CT molecular complexity index is 922. The van der Waals surface area contributed by atoms with Gasteiger partial charge >= 0.3 is 5.97 Å². The van der Waals surface area contributed by atoms with E-state index < -0.39 is 5.97 Å². The van der Waals surface area contributed by atoms with Crippen molar-refractivity contribution in [3.05, 3.63) is 65.9 Å². The predicted octanol–water partition coefficient (Wildman–Crippen LogP) is 3.70. The Labute approximate surface area is 168 Å². The number of thioether (sulfide) groups is 1. The van der Waals surface area contributed by atoms with Crippen LogP contribution in [0, 0.1) is 0 Å². The lowest BCUT2D eigenvalue weighted by Crippen LogP contribution is -2.30. The van der Waals surface area contributed by atoms with Crippen LogP contribution in [0.3, 0.4) is 0 Å². The second-order valence-electron chi connectivity index (χ2n) is 6.38. The van der Waals surface area contributed by atoms with Gasteiger partial charge in [0.1, 0.15) is 5.70 Å². The van der Waals surface area contributed by atoms with E-state index in [1.165, 1.54) is 16.7 Å². The molecule has 7 heteroatoms. The highest BCUT2D eigenvalue weighted by Crippen LogP contribution is 2.29. The van der Waals surface area contributed by atoms with Gasteiger partial charge in [-0.1, -0.05) is 42.1 Å². The molecule has 6 nitrogen and oxygen atoms in total. The van der Waals surface area contributed by atoms with Crippen molar-refractivity contribution in [1.82, 2.24) is 0 Å². The molecule has 1 aliphatic heterocycles. The van der Waals surface area contributed by atoms with Crippen LogP contribution >= 0.6 is 11.8 Å². The normalized spacial score (nSPS) is 15.1. The van der Waals surface area contributed by atoms with Gasteiger partial charge in [-0.2, -0.15) is 0 Å². The van der Waals surface area contributed by atoms with Crippen molar-refractivity contribution in [2.24, 2.45) is 4.99 Å². The van der Waals surface area contributed by atoms with Crippen LogP contribution in [0.5, 0.6) is 0 Å². The van der Waals surface area contributed by atoms with E-state index in [2.05, 4.69) is 4.99 Å². The molecular formula is C21H21N3O3S. The van der Waals surface area contributed by atoms with Crippen LogP contribution in [0.1, 0.15) is 12.0 Å². The van der Waals surface area contributed by atoms with Gasteiger partial charge in [0, 0.05) is 25.5 Å². The number of carbonyl (C=O) groups is 2. The number of rotatable bonds is 6. The topological polar surface area (TPSA) is 73.2 Å². The Morgan fingerprint density at radius 1 is 1.14 bits per heavy atom. The number of nitrogens with zero attached hydrogens (tertiary/aromatic N) is 3. The molecule has 1 heterocycles. The van der Waals surface area contributed by atoms with Gasteiger partial charge in [-0.15, -0.1) is 0 Å². The number of carbonyl (C=O) groups excluding carboxylic acids is 1. The monoisotopic (exact) mass is 395 g/mol. The third-order valence-electron chi connectivity index (χ3n) is 4.10. The van der Waals surface area contributed by atoms with Gasteiger partial charge in [0.05, 0.1) is 12.1 Å². The zero-order valence-electron chi connectivity index (χ0n) is 15.7. The number of carboxylic acids is 1. The SMILES string of the molecule is CN(C)c1ccc(/C=C2/N=C(SCCC(=O)O)N(c3ccccc3)C2=O)cc1. The molecule has 0 radical (unpaired) electrons. The van der Waals surface area contributed by atoms with Gasteiger partial charge in [0.2, 0.25) is 0 Å². The summed E-state index contributed by atoms with van der Waals surface area (Å²) in [6, 6.07) is 17.1. The molecule has 0 aromatic heterocycles. The fourth-order valence-corrected chi connectivity index (χ4v) is 3.59. The van der Waals surface area contributed by atoms with Gasteiger partial charge in [0.25, 0.3) is 5.91 Å². The summed E-state index contributed by atoms with van der Waals surface area (Å²) in [6.45, 7) is 0. The summed E-state index contributed by atoms with van der Waals surface area (Å²) in [4.78, 5) is 31.8. The van der Waals surface area contributed by atoms with E-state index in [1.807, 2.05) is 73.6 Å². The van der Waals surface area contributed by atoms with Crippen molar-refractivity contribution in [3.63, 3.8) is 0 Å².